The van der Waals surface area contributed by atoms with Gasteiger partial charge in [-0.15, -0.1) is 12.4 Å². The molecule has 4 aliphatic carbocycles. The minimum atomic E-state index is -4.67. The molecular formula is C51H76ClN3O13S2. The molecule has 4 saturated carbocycles. The summed E-state index contributed by atoms with van der Waals surface area (Å²) in [5.41, 5.74) is -6.28. The fourth-order valence-electron chi connectivity index (χ4n) is 15.0. The highest BCUT2D eigenvalue weighted by Gasteiger charge is 2.88. The molecule has 2 aromatic carbocycles. The first-order chi connectivity index (χ1) is 32.2. The zero-order valence-electron chi connectivity index (χ0n) is 41.7. The van der Waals surface area contributed by atoms with Gasteiger partial charge in [-0.05, 0) is 109 Å². The number of aliphatic hydroxyl groups excluding tert-OH is 1. The van der Waals surface area contributed by atoms with E-state index in [4.69, 9.17) is 27.0 Å². The van der Waals surface area contributed by atoms with Gasteiger partial charge in [0.05, 0.1) is 23.1 Å². The molecule has 392 valence electrons. The second-order valence-electron chi connectivity index (χ2n) is 21.8. The molecular weight excluding hydrogens is 962 g/mol. The summed E-state index contributed by atoms with van der Waals surface area (Å²) in [6, 6.07) is 17.6. The molecule has 10 rings (SSSR count). The van der Waals surface area contributed by atoms with Crippen LogP contribution in [0.5, 0.6) is 0 Å². The Balaban J connectivity index is 0.000000216. The molecule has 8 aliphatic rings. The lowest BCUT2D eigenvalue weighted by Crippen LogP contribution is -2.85. The standard InChI is InChI=1S/C32H49NO9.C19H24N2S.ClH.H2O4S/c1-6-18(3)25(35)41-24-11-12-26(4)19-8-9-20-28(37)13-23(34)31(39)21(29(28,38)16-30(20,26)42-32(19,24)40)15-33-14-17(2)7-10-22(33)27(31,5)36;1-4-20(5-2)15(3)14-21-16-10-6-8-12-18(16)22-19-13-9-7-11-17(19)21;;1-5(2,3)4/h6,17,19-24,34,36-40H,7-16H2,1-5H3;6-13,15H,4-5,14H2,1-3H3;1H;(H2,1,2,3,4). The van der Waals surface area contributed by atoms with E-state index >= 15 is 0 Å². The third kappa shape index (κ3) is 8.49. The number of ether oxygens (including phenoxy) is 2. The van der Waals surface area contributed by atoms with E-state index in [2.05, 4.69) is 90.9 Å². The third-order valence-electron chi connectivity index (χ3n) is 18.5. The van der Waals surface area contributed by atoms with E-state index in [1.54, 1.807) is 26.8 Å². The van der Waals surface area contributed by atoms with Crippen molar-refractivity contribution in [3.8, 4) is 0 Å². The number of allylic oxidation sites excluding steroid dienone is 1. The molecule has 19 heteroatoms. The molecule has 15 atom stereocenters. The monoisotopic (exact) mass is 1040 g/mol. The molecule has 3 saturated heterocycles. The Hall–Kier alpha value is -2.40. The number of aliphatic hydroxyl groups is 6. The van der Waals surface area contributed by atoms with Gasteiger partial charge in [0.15, 0.2) is 6.10 Å². The first-order valence-electron chi connectivity index (χ1n) is 24.9. The number of fused-ring (bicyclic) bond motifs is 7. The highest BCUT2D eigenvalue weighted by molar-refractivity contribution is 7.99. The van der Waals surface area contributed by atoms with Gasteiger partial charge >= 0.3 is 16.4 Å². The number of halogens is 1. The van der Waals surface area contributed by atoms with Gasteiger partial charge in [-0.25, -0.2) is 4.79 Å². The van der Waals surface area contributed by atoms with Gasteiger partial charge in [0.2, 0.25) is 5.79 Å². The predicted molar refractivity (Wildman–Crippen MR) is 267 cm³/mol. The SMILES string of the molecule is CC=C(C)C(=O)OC1CCC2(C)C3CCC4C5(O)CC(O)C6(O)C(CN7CC(C)CCC7C6(C)O)C5(O)CC42OC13O.CCN(CC)C(C)CN1c2ccccc2Sc2ccccc21.Cl.O=S(=O)(O)O. The highest BCUT2D eigenvalue weighted by Crippen LogP contribution is 2.78. The average molecular weight is 1040 g/mol. The first kappa shape index (κ1) is 55.4. The van der Waals surface area contributed by atoms with Gasteiger partial charge in [-0.3, -0.25) is 18.9 Å². The fourth-order valence-corrected chi connectivity index (χ4v) is 16.1. The Labute approximate surface area is 423 Å². The van der Waals surface area contributed by atoms with Crippen LogP contribution in [-0.4, -0.2) is 155 Å². The Bertz CT molecular complexity index is 2360. The van der Waals surface area contributed by atoms with Crippen LogP contribution in [0.15, 0.2) is 70.0 Å². The van der Waals surface area contributed by atoms with Crippen LogP contribution in [0.2, 0.25) is 0 Å². The van der Waals surface area contributed by atoms with Crippen molar-refractivity contribution in [3.05, 3.63) is 60.2 Å². The van der Waals surface area contributed by atoms with Gasteiger partial charge < -0.3 is 45.0 Å². The molecule has 0 radical (unpaired) electrons. The van der Waals surface area contributed by atoms with E-state index in [0.29, 0.717) is 56.2 Å². The molecule has 0 amide bonds. The summed E-state index contributed by atoms with van der Waals surface area (Å²) in [6.07, 6.45) is 2.30. The summed E-state index contributed by atoms with van der Waals surface area (Å²) in [5, 5.41) is 73.9. The topological polar surface area (TPSA) is 241 Å². The summed E-state index contributed by atoms with van der Waals surface area (Å²) in [6.45, 7) is 20.1. The maximum atomic E-state index is 12.9. The lowest BCUT2D eigenvalue weighted by atomic mass is 9.49. The van der Waals surface area contributed by atoms with Crippen molar-refractivity contribution in [1.82, 2.24) is 9.80 Å². The molecule has 4 heterocycles. The third-order valence-corrected chi connectivity index (χ3v) is 19.6. The summed E-state index contributed by atoms with van der Waals surface area (Å²) in [7, 11) is -4.67. The molecule has 4 aliphatic heterocycles. The van der Waals surface area contributed by atoms with Crippen molar-refractivity contribution < 1.29 is 62.4 Å². The van der Waals surface area contributed by atoms with Crippen LogP contribution < -0.4 is 4.90 Å². The lowest BCUT2D eigenvalue weighted by molar-refractivity contribution is -0.354. The Kier molecular flexibility index (Phi) is 15.3. The molecule has 4 bridgehead atoms. The molecule has 8 N–H and O–H groups in total. The zero-order valence-corrected chi connectivity index (χ0v) is 44.1. The van der Waals surface area contributed by atoms with Crippen molar-refractivity contribution >= 4 is 51.9 Å². The number of hydrogen-bond donors (Lipinski definition) is 8. The number of hydrogen-bond acceptors (Lipinski definition) is 15. The number of carbonyl (C=O) groups excluding carboxylic acids is 1. The van der Waals surface area contributed by atoms with Crippen molar-refractivity contribution in [1.29, 1.82) is 0 Å². The summed E-state index contributed by atoms with van der Waals surface area (Å²) in [4.78, 5) is 22.6. The van der Waals surface area contributed by atoms with Crippen LogP contribution in [-0.2, 0) is 24.7 Å². The van der Waals surface area contributed by atoms with Crippen LogP contribution in [0.25, 0.3) is 0 Å². The summed E-state index contributed by atoms with van der Waals surface area (Å²) in [5.74, 6) is -4.05. The fraction of sp³-hybridized carbons (Fsp3) is 0.706. The molecule has 0 aromatic heterocycles. The molecule has 7 fully saturated rings. The van der Waals surface area contributed by atoms with Gasteiger partial charge in [-0.1, -0.05) is 69.8 Å². The van der Waals surface area contributed by atoms with Crippen molar-refractivity contribution in [3.63, 3.8) is 0 Å². The predicted octanol–water partition coefficient (Wildman–Crippen LogP) is 5.78. The second kappa shape index (κ2) is 19.4. The van der Waals surface area contributed by atoms with E-state index in [1.807, 2.05) is 18.7 Å². The largest absolute Gasteiger partial charge is 0.453 e. The average Bonchev–Trinajstić information content (AvgIpc) is 3.46. The Morgan fingerprint density at radius 2 is 1.47 bits per heavy atom. The van der Waals surface area contributed by atoms with Gasteiger partial charge in [0.1, 0.15) is 22.4 Å². The van der Waals surface area contributed by atoms with Crippen molar-refractivity contribution in [2.75, 3.05) is 37.6 Å². The number of rotatable bonds is 7. The maximum Gasteiger partial charge on any atom is 0.394 e. The Morgan fingerprint density at radius 3 is 2.04 bits per heavy atom. The lowest BCUT2D eigenvalue weighted by Gasteiger charge is -2.68. The van der Waals surface area contributed by atoms with Gasteiger partial charge in [0.25, 0.3) is 0 Å². The van der Waals surface area contributed by atoms with E-state index in [0.717, 1.165) is 26.1 Å². The number of esters is 1. The van der Waals surface area contributed by atoms with Crippen LogP contribution >= 0.6 is 24.2 Å². The number of para-hydroxylation sites is 2. The molecule has 16 nitrogen and oxygen atoms in total. The number of likely N-dealkylation sites (N-methyl/N-ethyl adjacent to an activating group) is 1. The van der Waals surface area contributed by atoms with E-state index in [1.165, 1.54) is 21.2 Å². The highest BCUT2D eigenvalue weighted by atomic mass is 35.5. The smallest absolute Gasteiger partial charge is 0.394 e. The molecule has 1 spiro atoms. The van der Waals surface area contributed by atoms with Crippen molar-refractivity contribution in [2.24, 2.45) is 29.1 Å². The molecule has 70 heavy (non-hydrogen) atoms. The number of carbonyl (C=O) groups is 1. The van der Waals surface area contributed by atoms with Crippen LogP contribution in [0.4, 0.5) is 11.4 Å². The minimum absolute atomic E-state index is 0. The number of nitrogens with zero attached hydrogens (tertiary/aromatic N) is 3. The van der Waals surface area contributed by atoms with Gasteiger partial charge in [0, 0.05) is 83.1 Å². The van der Waals surface area contributed by atoms with Crippen molar-refractivity contribution in [2.45, 2.75) is 175 Å². The Morgan fingerprint density at radius 1 is 0.900 bits per heavy atom. The number of anilines is 2. The minimum Gasteiger partial charge on any atom is -0.453 e. The van der Waals surface area contributed by atoms with Crippen LogP contribution in [0.1, 0.15) is 107 Å². The number of piperidine rings is 2. The van der Waals surface area contributed by atoms with E-state index < -0.39 is 85.5 Å². The summed E-state index contributed by atoms with van der Waals surface area (Å²) >= 11 is 1.88. The normalized spacial score (nSPS) is 41.6. The molecule has 2 aromatic rings. The first-order valence-corrected chi connectivity index (χ1v) is 27.1. The van der Waals surface area contributed by atoms with Crippen LogP contribution in [0, 0.1) is 29.1 Å². The summed E-state index contributed by atoms with van der Waals surface area (Å²) < 4.78 is 44.2. The maximum absolute atomic E-state index is 12.9. The van der Waals surface area contributed by atoms with Crippen LogP contribution in [0.3, 0.4) is 0 Å². The second-order valence-corrected chi connectivity index (χ2v) is 23.8. The zero-order chi connectivity index (χ0) is 50.5. The van der Waals surface area contributed by atoms with E-state index in [-0.39, 0.29) is 37.8 Å². The van der Waals surface area contributed by atoms with Gasteiger partial charge in [-0.2, -0.15) is 8.42 Å². The quantitative estimate of drug-likeness (QED) is 0.0932. The van der Waals surface area contributed by atoms with E-state index in [9.17, 15) is 35.4 Å². The molecule has 15 unspecified atom stereocenters. The number of benzene rings is 2.